The van der Waals surface area contributed by atoms with Gasteiger partial charge in [-0.05, 0) is 56.7 Å². The number of benzene rings is 2. The number of nitrogens with one attached hydrogen (secondary N) is 2. The van der Waals surface area contributed by atoms with Gasteiger partial charge >= 0.3 is 12.1 Å². The van der Waals surface area contributed by atoms with E-state index < -0.39 is 41.1 Å². The molecule has 250 valence electrons. The Balaban J connectivity index is 1.16. The summed E-state index contributed by atoms with van der Waals surface area (Å²) in [5, 5.41) is 7.11. The third-order valence-electron chi connectivity index (χ3n) is 8.21. The van der Waals surface area contributed by atoms with Gasteiger partial charge in [0.05, 0.1) is 11.3 Å². The molecule has 2 aromatic carbocycles. The minimum absolute atomic E-state index is 0.171. The number of nitrogens with zero attached hydrogens (tertiary/aromatic N) is 2. The number of carbonyl (C=O) groups is 4. The number of rotatable bonds is 9. The lowest BCUT2D eigenvalue weighted by atomic mass is 10.00. The van der Waals surface area contributed by atoms with Crippen LogP contribution < -0.4 is 10.6 Å². The zero-order valence-corrected chi connectivity index (χ0v) is 28.6. The lowest BCUT2D eigenvalue weighted by molar-refractivity contribution is -0.154. The van der Waals surface area contributed by atoms with Gasteiger partial charge in [-0.15, -0.1) is 23.1 Å². The summed E-state index contributed by atoms with van der Waals surface area (Å²) in [6.45, 7) is 5.32. The molecule has 2 atom stereocenters. The maximum atomic E-state index is 13.8. The fourth-order valence-electron chi connectivity index (χ4n) is 5.98. The van der Waals surface area contributed by atoms with Crippen LogP contribution in [0.5, 0.6) is 0 Å². The Kier molecular flexibility index (Phi) is 10.0. The quantitative estimate of drug-likeness (QED) is 0.145. The Hall–Kier alpha value is -4.42. The zero-order valence-electron chi connectivity index (χ0n) is 27.0. The molecule has 1 saturated carbocycles. The second-order valence-electron chi connectivity index (χ2n) is 12.9. The first-order chi connectivity index (χ1) is 23.1. The molecule has 1 saturated heterocycles. The zero-order chi connectivity index (χ0) is 33.8. The number of amides is 3. The summed E-state index contributed by atoms with van der Waals surface area (Å²) in [4.78, 5) is 59.3. The number of fused-ring (bicyclic) bond motifs is 1. The highest BCUT2D eigenvalue weighted by Crippen LogP contribution is 2.39. The van der Waals surface area contributed by atoms with Crippen molar-refractivity contribution in [2.45, 2.75) is 69.6 Å². The van der Waals surface area contributed by atoms with E-state index in [1.807, 2.05) is 66.7 Å². The maximum absolute atomic E-state index is 13.8. The molecule has 10 nitrogen and oxygen atoms in total. The van der Waals surface area contributed by atoms with Crippen LogP contribution in [0.3, 0.4) is 0 Å². The summed E-state index contributed by atoms with van der Waals surface area (Å²) >= 11 is 2.65. The number of aromatic nitrogens is 1. The standard InChI is InChI=1S/C36H38N4O6S2/c1-36(2,3)46-35(44)39-34-37-26(21-48-34)25(20-22-12-10-11-13-22)30(41)38-28-31(42)40-27(18-19-47-32(28)40)33(43)45-29(23-14-6-4-7-15-23)24-16-8-5-9-17-24/h4-9,14-18,20-22,28-29,32H,10-13,19H2,1-3H3,(H,38,41)(H,37,39,44)/b25-20-. The van der Waals surface area contributed by atoms with E-state index in [9.17, 15) is 19.2 Å². The van der Waals surface area contributed by atoms with Gasteiger partial charge in [-0.25, -0.2) is 14.6 Å². The third kappa shape index (κ3) is 7.65. The molecule has 12 heteroatoms. The van der Waals surface area contributed by atoms with Crippen LogP contribution in [-0.4, -0.2) is 56.5 Å². The monoisotopic (exact) mass is 686 g/mol. The molecule has 0 spiro atoms. The van der Waals surface area contributed by atoms with Gasteiger partial charge in [-0.2, -0.15) is 0 Å². The molecule has 2 aliphatic heterocycles. The summed E-state index contributed by atoms with van der Waals surface area (Å²) in [6.07, 6.45) is 6.42. The van der Waals surface area contributed by atoms with E-state index in [1.165, 1.54) is 28.0 Å². The van der Waals surface area contributed by atoms with Gasteiger partial charge in [-0.1, -0.05) is 79.6 Å². The summed E-state index contributed by atoms with van der Waals surface area (Å²) in [5.74, 6) is -0.736. The van der Waals surface area contributed by atoms with E-state index in [4.69, 9.17) is 9.47 Å². The van der Waals surface area contributed by atoms with Crippen molar-refractivity contribution < 1.29 is 28.7 Å². The number of esters is 1. The summed E-state index contributed by atoms with van der Waals surface area (Å²) < 4.78 is 11.4. The van der Waals surface area contributed by atoms with Gasteiger partial charge in [0.15, 0.2) is 11.2 Å². The second kappa shape index (κ2) is 14.4. The first-order valence-corrected chi connectivity index (χ1v) is 17.9. The van der Waals surface area contributed by atoms with E-state index >= 15 is 0 Å². The average Bonchev–Trinajstić information content (AvgIpc) is 3.76. The van der Waals surface area contributed by atoms with Gasteiger partial charge in [0.1, 0.15) is 22.7 Å². The van der Waals surface area contributed by atoms with Crippen LogP contribution in [0, 0.1) is 5.92 Å². The minimum atomic E-state index is -0.831. The van der Waals surface area contributed by atoms with Crippen molar-refractivity contribution in [2.75, 3.05) is 11.1 Å². The molecular formula is C36H38N4O6S2. The van der Waals surface area contributed by atoms with E-state index in [1.54, 1.807) is 32.2 Å². The van der Waals surface area contributed by atoms with Crippen LogP contribution in [0.4, 0.5) is 9.93 Å². The number of thioether (sulfide) groups is 1. The van der Waals surface area contributed by atoms with Crippen LogP contribution in [-0.2, 0) is 23.9 Å². The molecule has 6 rings (SSSR count). The molecule has 3 amide bonds. The highest BCUT2D eigenvalue weighted by atomic mass is 32.2. The van der Waals surface area contributed by atoms with Crippen molar-refractivity contribution in [3.8, 4) is 0 Å². The van der Waals surface area contributed by atoms with Crippen LogP contribution in [0.1, 0.15) is 69.4 Å². The number of anilines is 1. The molecule has 2 fully saturated rings. The molecule has 2 unspecified atom stereocenters. The lowest BCUT2D eigenvalue weighted by Crippen LogP contribution is -2.70. The van der Waals surface area contributed by atoms with Crippen molar-refractivity contribution in [3.05, 3.63) is 101 Å². The molecule has 0 bridgehead atoms. The molecule has 1 aromatic heterocycles. The van der Waals surface area contributed by atoms with Crippen molar-refractivity contribution in [3.63, 3.8) is 0 Å². The maximum Gasteiger partial charge on any atom is 0.413 e. The second-order valence-corrected chi connectivity index (χ2v) is 14.9. The summed E-state index contributed by atoms with van der Waals surface area (Å²) in [5.41, 5.74) is 1.89. The van der Waals surface area contributed by atoms with Crippen LogP contribution >= 0.6 is 23.1 Å². The Morgan fingerprint density at radius 2 is 1.65 bits per heavy atom. The summed E-state index contributed by atoms with van der Waals surface area (Å²) in [7, 11) is 0. The first kappa shape index (κ1) is 33.5. The SMILES string of the molecule is CC(C)(C)OC(=O)Nc1nc(/C(=C/C2CCCC2)C(=O)NC2C(=O)N3C(C(=O)OC(c4ccccc4)c4ccccc4)=CCSC23)cs1. The molecule has 3 aromatic rings. The largest absolute Gasteiger partial charge is 0.448 e. The van der Waals surface area contributed by atoms with Gasteiger partial charge in [-0.3, -0.25) is 19.8 Å². The first-order valence-electron chi connectivity index (χ1n) is 16.0. The molecule has 48 heavy (non-hydrogen) atoms. The van der Waals surface area contributed by atoms with Crippen LogP contribution in [0.15, 0.2) is 83.9 Å². The Labute approximate surface area is 288 Å². The lowest BCUT2D eigenvalue weighted by Gasteiger charge is -2.48. The van der Waals surface area contributed by atoms with Crippen LogP contribution in [0.25, 0.3) is 5.57 Å². The smallest absolute Gasteiger partial charge is 0.413 e. The van der Waals surface area contributed by atoms with Crippen molar-refractivity contribution >= 4 is 57.7 Å². The van der Waals surface area contributed by atoms with Gasteiger partial charge in [0.25, 0.3) is 11.8 Å². The van der Waals surface area contributed by atoms with Gasteiger partial charge in [0, 0.05) is 11.1 Å². The number of hydrogen-bond acceptors (Lipinski definition) is 9. The molecule has 2 N–H and O–H groups in total. The molecule has 1 aliphatic carbocycles. The van der Waals surface area contributed by atoms with Crippen LogP contribution in [0.2, 0.25) is 0 Å². The number of ether oxygens (including phenoxy) is 2. The van der Waals surface area contributed by atoms with E-state index in [-0.39, 0.29) is 17.5 Å². The fourth-order valence-corrected chi connectivity index (χ4v) is 7.87. The predicted octanol–water partition coefficient (Wildman–Crippen LogP) is 6.68. The normalized spacial score (nSPS) is 19.7. The molecular weight excluding hydrogens is 649 g/mol. The van der Waals surface area contributed by atoms with Crippen molar-refractivity contribution in [2.24, 2.45) is 5.92 Å². The Morgan fingerprint density at radius 1 is 1.00 bits per heavy atom. The molecule has 3 aliphatic rings. The number of carbonyl (C=O) groups excluding carboxylic acids is 4. The van der Waals surface area contributed by atoms with Gasteiger partial charge < -0.3 is 14.8 Å². The minimum Gasteiger partial charge on any atom is -0.448 e. The van der Waals surface area contributed by atoms with E-state index in [0.717, 1.165) is 36.8 Å². The van der Waals surface area contributed by atoms with E-state index in [2.05, 4.69) is 15.6 Å². The van der Waals surface area contributed by atoms with E-state index in [0.29, 0.717) is 22.2 Å². The molecule has 0 radical (unpaired) electrons. The third-order valence-corrected chi connectivity index (χ3v) is 10.1. The number of hydrogen-bond donors (Lipinski definition) is 2. The van der Waals surface area contributed by atoms with Gasteiger partial charge in [0.2, 0.25) is 0 Å². The summed E-state index contributed by atoms with van der Waals surface area (Å²) in [6, 6.07) is 18.1. The Morgan fingerprint density at radius 3 is 2.27 bits per heavy atom. The highest BCUT2D eigenvalue weighted by Gasteiger charge is 2.53. The Bertz CT molecular complexity index is 1690. The number of β-lactam (4-membered cyclic amide) rings is 1. The predicted molar refractivity (Wildman–Crippen MR) is 186 cm³/mol. The number of allylic oxidation sites excluding steroid dienone is 1. The fraction of sp³-hybridized carbons (Fsp3) is 0.361. The highest BCUT2D eigenvalue weighted by molar-refractivity contribution is 8.00. The topological polar surface area (TPSA) is 127 Å². The molecule has 3 heterocycles. The van der Waals surface area contributed by atoms with Crippen molar-refractivity contribution in [1.82, 2.24) is 15.2 Å². The average molecular weight is 687 g/mol. The number of thiazole rings is 1. The van der Waals surface area contributed by atoms with Crippen molar-refractivity contribution in [1.29, 1.82) is 0 Å².